The van der Waals surface area contributed by atoms with Gasteiger partial charge in [0.25, 0.3) is 0 Å². The molecule has 0 saturated carbocycles. The summed E-state index contributed by atoms with van der Waals surface area (Å²) in [5.41, 5.74) is 7.91. The monoisotopic (exact) mass is 393 g/mol. The van der Waals surface area contributed by atoms with Crippen LogP contribution in [0.3, 0.4) is 0 Å². The minimum atomic E-state index is 0.0355. The zero-order chi connectivity index (χ0) is 20.5. The van der Waals surface area contributed by atoms with Gasteiger partial charge < -0.3 is 19.9 Å². The minimum Gasteiger partial charge on any atom is -0.491 e. The van der Waals surface area contributed by atoms with Gasteiger partial charge in [0.2, 0.25) is 5.89 Å². The van der Waals surface area contributed by atoms with Crippen LogP contribution in [0.2, 0.25) is 0 Å². The first-order valence-corrected chi connectivity index (χ1v) is 9.43. The van der Waals surface area contributed by atoms with Crippen LogP contribution in [-0.2, 0) is 0 Å². The summed E-state index contributed by atoms with van der Waals surface area (Å²) in [7, 11) is 0. The topological polar surface area (TPSA) is 127 Å². The fraction of sp³-hybridized carbons (Fsp3) is 0.350. The molecule has 9 nitrogen and oxygen atoms in total. The summed E-state index contributed by atoms with van der Waals surface area (Å²) < 4.78 is 11.0. The molecule has 0 unspecified atom stereocenters. The Hall–Kier alpha value is -3.49. The maximum absolute atomic E-state index is 8.60. The Labute approximate surface area is 168 Å². The third-order valence-corrected chi connectivity index (χ3v) is 4.67. The van der Waals surface area contributed by atoms with Crippen molar-refractivity contribution in [1.82, 2.24) is 20.1 Å². The lowest BCUT2D eigenvalue weighted by Crippen LogP contribution is -2.45. The van der Waals surface area contributed by atoms with Gasteiger partial charge in [-0.2, -0.15) is 4.98 Å². The molecule has 3 aromatic rings. The first-order chi connectivity index (χ1) is 13.9. The van der Waals surface area contributed by atoms with Gasteiger partial charge in [0.15, 0.2) is 5.82 Å². The molecule has 3 N–H and O–H groups in total. The number of aromatic nitrogens is 4. The number of anilines is 2. The van der Waals surface area contributed by atoms with E-state index in [0.29, 0.717) is 34.4 Å². The van der Waals surface area contributed by atoms with E-state index in [-0.39, 0.29) is 17.7 Å². The van der Waals surface area contributed by atoms with Gasteiger partial charge in [0.05, 0.1) is 23.4 Å². The van der Waals surface area contributed by atoms with Gasteiger partial charge in [-0.3, -0.25) is 5.41 Å². The largest absolute Gasteiger partial charge is 0.491 e. The summed E-state index contributed by atoms with van der Waals surface area (Å²) in [4.78, 5) is 15.0. The first kappa shape index (κ1) is 18.9. The molecule has 0 aliphatic carbocycles. The van der Waals surface area contributed by atoms with Crippen LogP contribution >= 0.6 is 0 Å². The van der Waals surface area contributed by atoms with E-state index in [1.165, 1.54) is 6.33 Å². The van der Waals surface area contributed by atoms with Crippen LogP contribution in [0.25, 0.3) is 0 Å². The van der Waals surface area contributed by atoms with Gasteiger partial charge >= 0.3 is 0 Å². The SMILES string of the molecule is Cc1noc(C2CN(c3cc(C(=N)c4cc(OC(C)C)ccc4N)ncn3)C2)n1. The molecule has 2 aromatic heterocycles. The van der Waals surface area contributed by atoms with Crippen LogP contribution in [-0.4, -0.2) is 45.0 Å². The van der Waals surface area contributed by atoms with Crippen LogP contribution < -0.4 is 15.4 Å². The maximum atomic E-state index is 8.60. The lowest BCUT2D eigenvalue weighted by Gasteiger charge is -2.38. The molecular weight excluding hydrogens is 370 g/mol. The third kappa shape index (κ3) is 3.89. The van der Waals surface area contributed by atoms with Crippen molar-refractivity contribution in [2.24, 2.45) is 0 Å². The standard InChI is InChI=1S/C20H23N7O2/c1-11(2)28-14-4-5-16(21)15(6-14)19(22)17-7-18(24-10-23-17)27-8-13(9-27)20-25-12(3)26-29-20/h4-7,10-11,13,22H,8-9,21H2,1-3H3. The van der Waals surface area contributed by atoms with Crippen molar-refractivity contribution >= 4 is 17.2 Å². The molecule has 0 atom stereocenters. The lowest BCUT2D eigenvalue weighted by molar-refractivity contribution is 0.242. The highest BCUT2D eigenvalue weighted by atomic mass is 16.5. The van der Waals surface area contributed by atoms with Gasteiger partial charge in [0, 0.05) is 30.4 Å². The zero-order valence-corrected chi connectivity index (χ0v) is 16.6. The summed E-state index contributed by atoms with van der Waals surface area (Å²) in [5, 5.41) is 12.4. The van der Waals surface area contributed by atoms with E-state index in [4.69, 9.17) is 20.4 Å². The number of hydrogen-bond acceptors (Lipinski definition) is 9. The maximum Gasteiger partial charge on any atom is 0.233 e. The summed E-state index contributed by atoms with van der Waals surface area (Å²) >= 11 is 0. The molecule has 4 rings (SSSR count). The second-order valence-electron chi connectivity index (χ2n) is 7.33. The van der Waals surface area contributed by atoms with Crippen LogP contribution in [0.1, 0.15) is 42.7 Å². The Bertz CT molecular complexity index is 1040. The van der Waals surface area contributed by atoms with E-state index in [1.807, 2.05) is 13.8 Å². The Morgan fingerprint density at radius 2 is 2.07 bits per heavy atom. The number of ether oxygens (including phenoxy) is 1. The van der Waals surface area contributed by atoms with Crippen LogP contribution in [0.4, 0.5) is 11.5 Å². The predicted molar refractivity (Wildman–Crippen MR) is 109 cm³/mol. The molecule has 0 bridgehead atoms. The predicted octanol–water partition coefficient (Wildman–Crippen LogP) is 2.56. The van der Waals surface area contributed by atoms with E-state index < -0.39 is 0 Å². The number of rotatable bonds is 6. The van der Waals surface area contributed by atoms with E-state index >= 15 is 0 Å². The van der Waals surface area contributed by atoms with E-state index in [9.17, 15) is 0 Å². The Morgan fingerprint density at radius 1 is 1.28 bits per heavy atom. The summed E-state index contributed by atoms with van der Waals surface area (Å²) in [5.74, 6) is 2.90. The fourth-order valence-electron chi connectivity index (χ4n) is 3.19. The van der Waals surface area contributed by atoms with Gasteiger partial charge in [-0.05, 0) is 39.0 Å². The van der Waals surface area contributed by atoms with Crippen LogP contribution in [0, 0.1) is 12.3 Å². The highest BCUT2D eigenvalue weighted by molar-refractivity contribution is 6.13. The average Bonchev–Trinajstić information content (AvgIpc) is 3.07. The third-order valence-electron chi connectivity index (χ3n) is 4.67. The number of nitrogen functional groups attached to an aromatic ring is 1. The fourth-order valence-corrected chi connectivity index (χ4v) is 3.19. The van der Waals surface area contributed by atoms with Gasteiger partial charge in [-0.25, -0.2) is 9.97 Å². The van der Waals surface area contributed by atoms with Gasteiger partial charge in [-0.15, -0.1) is 0 Å². The van der Waals surface area contributed by atoms with Crippen LogP contribution in [0.15, 0.2) is 35.1 Å². The lowest BCUT2D eigenvalue weighted by atomic mass is 9.99. The van der Waals surface area contributed by atoms with E-state index in [1.54, 1.807) is 31.2 Å². The summed E-state index contributed by atoms with van der Waals surface area (Å²) in [6.45, 7) is 7.16. The minimum absolute atomic E-state index is 0.0355. The molecule has 0 spiro atoms. The quantitative estimate of drug-likeness (QED) is 0.483. The number of hydrogen-bond donors (Lipinski definition) is 2. The molecule has 29 heavy (non-hydrogen) atoms. The number of benzene rings is 1. The molecule has 0 radical (unpaired) electrons. The Balaban J connectivity index is 1.51. The number of nitrogens with zero attached hydrogens (tertiary/aromatic N) is 5. The molecule has 1 fully saturated rings. The normalized spacial score (nSPS) is 14.1. The highest BCUT2D eigenvalue weighted by Crippen LogP contribution is 2.30. The molecule has 3 heterocycles. The van der Waals surface area contributed by atoms with Crippen LogP contribution in [0.5, 0.6) is 5.75 Å². The molecule has 1 saturated heterocycles. The molecular formula is C20H23N7O2. The Morgan fingerprint density at radius 3 is 2.76 bits per heavy atom. The smallest absolute Gasteiger partial charge is 0.233 e. The number of nitrogens with two attached hydrogens (primary N) is 1. The summed E-state index contributed by atoms with van der Waals surface area (Å²) in [6, 6.07) is 7.12. The van der Waals surface area contributed by atoms with Crippen molar-refractivity contribution in [1.29, 1.82) is 5.41 Å². The van der Waals surface area contributed by atoms with E-state index in [2.05, 4.69) is 25.0 Å². The molecule has 0 amide bonds. The van der Waals surface area contributed by atoms with Crippen molar-refractivity contribution < 1.29 is 9.26 Å². The van der Waals surface area contributed by atoms with E-state index in [0.717, 1.165) is 18.9 Å². The zero-order valence-electron chi connectivity index (χ0n) is 16.6. The second-order valence-corrected chi connectivity index (χ2v) is 7.33. The average molecular weight is 393 g/mol. The molecule has 9 heteroatoms. The number of aryl methyl sites for hydroxylation is 1. The molecule has 1 aliphatic heterocycles. The molecule has 150 valence electrons. The van der Waals surface area contributed by atoms with Crippen molar-refractivity contribution in [3.05, 3.63) is 53.6 Å². The molecule has 1 aromatic carbocycles. The second kappa shape index (κ2) is 7.50. The number of nitrogens with one attached hydrogen (secondary N) is 1. The first-order valence-electron chi connectivity index (χ1n) is 9.43. The molecule has 1 aliphatic rings. The van der Waals surface area contributed by atoms with Crippen molar-refractivity contribution in [3.63, 3.8) is 0 Å². The van der Waals surface area contributed by atoms with Gasteiger partial charge in [-0.1, -0.05) is 5.16 Å². The van der Waals surface area contributed by atoms with Crippen molar-refractivity contribution in [3.8, 4) is 5.75 Å². The van der Waals surface area contributed by atoms with Gasteiger partial charge in [0.1, 0.15) is 17.9 Å². The van der Waals surface area contributed by atoms with Crippen molar-refractivity contribution in [2.45, 2.75) is 32.8 Å². The highest BCUT2D eigenvalue weighted by Gasteiger charge is 2.33. The Kier molecular flexibility index (Phi) is 4.87. The summed E-state index contributed by atoms with van der Waals surface area (Å²) in [6.07, 6.45) is 1.50. The van der Waals surface area contributed by atoms with Crippen molar-refractivity contribution in [2.75, 3.05) is 23.7 Å².